The molecule has 0 saturated carbocycles. The minimum atomic E-state index is 0.462. The molecule has 1 unspecified atom stereocenters. The van der Waals surface area contributed by atoms with E-state index >= 15 is 0 Å². The summed E-state index contributed by atoms with van der Waals surface area (Å²) in [6, 6.07) is 10.6. The van der Waals surface area contributed by atoms with E-state index in [1.165, 1.54) is 10.6 Å². The summed E-state index contributed by atoms with van der Waals surface area (Å²) >= 11 is 3.53. The Morgan fingerprint density at radius 2 is 2.16 bits per heavy atom. The molecule has 0 fully saturated rings. The Morgan fingerprint density at radius 3 is 2.95 bits per heavy atom. The van der Waals surface area contributed by atoms with E-state index in [-0.39, 0.29) is 0 Å². The van der Waals surface area contributed by atoms with Crippen LogP contribution in [0.15, 0.2) is 46.9 Å². The first-order valence-electron chi connectivity index (χ1n) is 6.30. The topological polar surface area (TPSA) is 37.3 Å². The first-order valence-corrected chi connectivity index (χ1v) is 8.06. The molecule has 0 radical (unpaired) electrons. The fourth-order valence-corrected chi connectivity index (χ4v) is 3.63. The predicted molar refractivity (Wildman–Crippen MR) is 82.9 cm³/mol. The van der Waals surface area contributed by atoms with Gasteiger partial charge in [-0.2, -0.15) is 0 Å². The Balaban J connectivity index is 1.47. The van der Waals surface area contributed by atoms with Crippen molar-refractivity contribution in [2.75, 3.05) is 13.1 Å². The highest BCUT2D eigenvalue weighted by atomic mass is 32.2. The Kier molecular flexibility index (Phi) is 4.15. The van der Waals surface area contributed by atoms with Gasteiger partial charge in [-0.15, -0.1) is 11.3 Å². The first-order chi connectivity index (χ1) is 9.42. The molecule has 0 amide bonds. The molecule has 2 heterocycles. The van der Waals surface area contributed by atoms with Crippen molar-refractivity contribution in [1.29, 1.82) is 0 Å². The van der Waals surface area contributed by atoms with E-state index in [0.29, 0.717) is 5.25 Å². The highest BCUT2D eigenvalue weighted by Crippen LogP contribution is 2.34. The van der Waals surface area contributed by atoms with Crippen LogP contribution in [0.25, 0.3) is 0 Å². The maximum atomic E-state index is 4.56. The molecule has 1 aromatic carbocycles. The molecular formula is C14H15N3S2. The van der Waals surface area contributed by atoms with Gasteiger partial charge in [-0.1, -0.05) is 42.1 Å². The van der Waals surface area contributed by atoms with Crippen LogP contribution in [0.1, 0.15) is 15.8 Å². The second-order valence-electron chi connectivity index (χ2n) is 4.27. The minimum Gasteiger partial charge on any atom is -0.364 e. The summed E-state index contributed by atoms with van der Waals surface area (Å²) in [4.78, 5) is 8.84. The lowest BCUT2D eigenvalue weighted by molar-refractivity contribution is 0.862. The zero-order valence-electron chi connectivity index (χ0n) is 10.5. The Bertz CT molecular complexity index is 537. The van der Waals surface area contributed by atoms with E-state index in [9.17, 15) is 0 Å². The molecule has 0 aliphatic carbocycles. The summed E-state index contributed by atoms with van der Waals surface area (Å²) in [6.07, 6.45) is 2.82. The van der Waals surface area contributed by atoms with Crippen LogP contribution >= 0.6 is 23.1 Å². The molecule has 3 rings (SSSR count). The molecule has 2 aromatic rings. The van der Waals surface area contributed by atoms with Gasteiger partial charge in [0, 0.05) is 24.5 Å². The summed E-state index contributed by atoms with van der Waals surface area (Å²) in [5.74, 6) is 0. The van der Waals surface area contributed by atoms with E-state index in [1.807, 2.05) is 23.3 Å². The van der Waals surface area contributed by atoms with Gasteiger partial charge in [-0.3, -0.25) is 4.99 Å². The van der Waals surface area contributed by atoms with Gasteiger partial charge in [0.05, 0.1) is 16.8 Å². The molecule has 0 saturated heterocycles. The lowest BCUT2D eigenvalue weighted by Crippen LogP contribution is -2.21. The molecule has 19 heavy (non-hydrogen) atoms. The van der Waals surface area contributed by atoms with Crippen LogP contribution in [0.2, 0.25) is 0 Å². The number of nitrogens with zero attached hydrogens (tertiary/aromatic N) is 2. The summed E-state index contributed by atoms with van der Waals surface area (Å²) in [5, 5.41) is 8.11. The normalized spacial score (nSPS) is 18.3. The standard InChI is InChI=1S/C14H15N3S2/c1-2-4-11(5-3-1)12-10-17-14(19-12)16-7-6-13-15-8-9-18-13/h1-5,8-9,12H,6-7,10H2,(H,16,17). The van der Waals surface area contributed by atoms with Crippen LogP contribution in [0.5, 0.6) is 0 Å². The van der Waals surface area contributed by atoms with Crippen molar-refractivity contribution in [1.82, 2.24) is 10.3 Å². The van der Waals surface area contributed by atoms with Crippen LogP contribution in [0, 0.1) is 0 Å². The maximum absolute atomic E-state index is 4.56. The first kappa shape index (κ1) is 12.7. The third-order valence-corrected chi connectivity index (χ3v) is 4.97. The molecule has 1 atom stereocenters. The molecular weight excluding hydrogens is 274 g/mol. The fraction of sp³-hybridized carbons (Fsp3) is 0.286. The summed E-state index contributed by atoms with van der Waals surface area (Å²) in [7, 11) is 0. The number of hydrogen-bond acceptors (Lipinski definition) is 5. The smallest absolute Gasteiger partial charge is 0.157 e. The molecule has 0 spiro atoms. The van der Waals surface area contributed by atoms with E-state index in [2.05, 4.69) is 45.6 Å². The highest BCUT2D eigenvalue weighted by molar-refractivity contribution is 8.14. The van der Waals surface area contributed by atoms with Crippen molar-refractivity contribution in [3.8, 4) is 0 Å². The summed E-state index contributed by atoms with van der Waals surface area (Å²) < 4.78 is 0. The molecule has 0 bridgehead atoms. The number of amidine groups is 1. The maximum Gasteiger partial charge on any atom is 0.157 e. The molecule has 1 aliphatic rings. The second-order valence-corrected chi connectivity index (χ2v) is 6.44. The summed E-state index contributed by atoms with van der Waals surface area (Å²) in [5.41, 5.74) is 1.35. The molecule has 1 aromatic heterocycles. The number of hydrogen-bond donors (Lipinski definition) is 1. The molecule has 3 nitrogen and oxygen atoms in total. The monoisotopic (exact) mass is 289 g/mol. The van der Waals surface area contributed by atoms with E-state index in [0.717, 1.165) is 24.7 Å². The number of nitrogens with one attached hydrogen (secondary N) is 1. The average Bonchev–Trinajstić information content (AvgIpc) is 3.11. The molecule has 1 aliphatic heterocycles. The Morgan fingerprint density at radius 1 is 1.26 bits per heavy atom. The van der Waals surface area contributed by atoms with Crippen molar-refractivity contribution in [2.45, 2.75) is 11.7 Å². The zero-order valence-corrected chi connectivity index (χ0v) is 12.1. The van der Waals surface area contributed by atoms with Gasteiger partial charge in [0.2, 0.25) is 0 Å². The molecule has 1 N–H and O–H groups in total. The quantitative estimate of drug-likeness (QED) is 0.939. The van der Waals surface area contributed by atoms with Crippen molar-refractivity contribution in [2.24, 2.45) is 4.99 Å². The van der Waals surface area contributed by atoms with Gasteiger partial charge < -0.3 is 5.32 Å². The van der Waals surface area contributed by atoms with Crippen molar-refractivity contribution < 1.29 is 0 Å². The van der Waals surface area contributed by atoms with Gasteiger partial charge >= 0.3 is 0 Å². The molecule has 5 heteroatoms. The largest absolute Gasteiger partial charge is 0.364 e. The number of aliphatic imine (C=N–C) groups is 1. The van der Waals surface area contributed by atoms with Gasteiger partial charge in [0.25, 0.3) is 0 Å². The number of rotatable bonds is 4. The Labute approximate surface area is 121 Å². The van der Waals surface area contributed by atoms with Gasteiger partial charge in [-0.05, 0) is 5.56 Å². The van der Waals surface area contributed by atoms with E-state index in [4.69, 9.17) is 0 Å². The fourth-order valence-electron chi connectivity index (χ4n) is 1.97. The summed E-state index contributed by atoms with van der Waals surface area (Å²) in [6.45, 7) is 1.77. The van der Waals surface area contributed by atoms with Crippen LogP contribution in [0.4, 0.5) is 0 Å². The van der Waals surface area contributed by atoms with Crippen molar-refractivity contribution in [3.05, 3.63) is 52.5 Å². The number of thioether (sulfide) groups is 1. The third-order valence-electron chi connectivity index (χ3n) is 2.92. The van der Waals surface area contributed by atoms with Gasteiger partial charge in [0.15, 0.2) is 5.17 Å². The van der Waals surface area contributed by atoms with E-state index in [1.54, 1.807) is 11.3 Å². The van der Waals surface area contributed by atoms with Crippen LogP contribution in [-0.2, 0) is 6.42 Å². The average molecular weight is 289 g/mol. The predicted octanol–water partition coefficient (Wildman–Crippen LogP) is 3.12. The van der Waals surface area contributed by atoms with E-state index < -0.39 is 0 Å². The SMILES string of the molecule is c1ccc(C2CN=C(NCCc3nccs3)S2)cc1. The lowest BCUT2D eigenvalue weighted by atomic mass is 10.1. The van der Waals surface area contributed by atoms with Crippen molar-refractivity contribution >= 4 is 28.3 Å². The Hall–Kier alpha value is -1.33. The minimum absolute atomic E-state index is 0.462. The number of thiazole rings is 1. The highest BCUT2D eigenvalue weighted by Gasteiger charge is 2.20. The second kappa shape index (κ2) is 6.21. The third kappa shape index (κ3) is 3.36. The molecule has 98 valence electrons. The van der Waals surface area contributed by atoms with Gasteiger partial charge in [0.1, 0.15) is 0 Å². The van der Waals surface area contributed by atoms with Crippen molar-refractivity contribution in [3.63, 3.8) is 0 Å². The lowest BCUT2D eigenvalue weighted by Gasteiger charge is -2.08. The zero-order chi connectivity index (χ0) is 12.9. The number of benzene rings is 1. The van der Waals surface area contributed by atoms with Crippen LogP contribution in [0.3, 0.4) is 0 Å². The van der Waals surface area contributed by atoms with Crippen LogP contribution < -0.4 is 5.32 Å². The van der Waals surface area contributed by atoms with Crippen LogP contribution in [-0.4, -0.2) is 23.2 Å². The number of aromatic nitrogens is 1. The van der Waals surface area contributed by atoms with Gasteiger partial charge in [-0.25, -0.2) is 4.98 Å².